The standard InChI is InChI=1S/C13H15N3O2S/c17-9-11(8-10-4-2-1-3-5-10)15-12(18)16-13-14-6-7-19-13/h1-7,11,17H,8-9H2,(H2,14,15,16,18). The van der Waals surface area contributed by atoms with Gasteiger partial charge in [0.05, 0.1) is 12.6 Å². The Bertz CT molecular complexity index is 502. The van der Waals surface area contributed by atoms with Gasteiger partial charge in [-0.2, -0.15) is 0 Å². The van der Waals surface area contributed by atoms with Crippen molar-refractivity contribution in [2.45, 2.75) is 12.5 Å². The van der Waals surface area contributed by atoms with Gasteiger partial charge in [0.1, 0.15) is 0 Å². The maximum atomic E-state index is 11.7. The minimum atomic E-state index is -0.357. The smallest absolute Gasteiger partial charge is 0.321 e. The fraction of sp³-hybridized carbons (Fsp3) is 0.231. The summed E-state index contributed by atoms with van der Waals surface area (Å²) in [5.41, 5.74) is 1.07. The normalized spacial score (nSPS) is 11.8. The molecule has 1 aromatic carbocycles. The van der Waals surface area contributed by atoms with Crippen LogP contribution < -0.4 is 10.6 Å². The zero-order valence-corrected chi connectivity index (χ0v) is 11.1. The Kier molecular flexibility index (Phi) is 4.88. The van der Waals surface area contributed by atoms with Crippen LogP contribution in [0.25, 0.3) is 0 Å². The summed E-state index contributed by atoms with van der Waals surface area (Å²) in [4.78, 5) is 15.7. The fourth-order valence-electron chi connectivity index (χ4n) is 1.66. The highest BCUT2D eigenvalue weighted by Crippen LogP contribution is 2.10. The van der Waals surface area contributed by atoms with Gasteiger partial charge in [-0.05, 0) is 12.0 Å². The van der Waals surface area contributed by atoms with Crippen molar-refractivity contribution in [2.24, 2.45) is 0 Å². The highest BCUT2D eigenvalue weighted by atomic mass is 32.1. The maximum absolute atomic E-state index is 11.7. The van der Waals surface area contributed by atoms with E-state index in [2.05, 4.69) is 15.6 Å². The Morgan fingerprint density at radius 3 is 2.79 bits per heavy atom. The third-order valence-electron chi connectivity index (χ3n) is 2.53. The second kappa shape index (κ2) is 6.86. The van der Waals surface area contributed by atoms with Crippen molar-refractivity contribution in [3.63, 3.8) is 0 Å². The van der Waals surface area contributed by atoms with E-state index in [9.17, 15) is 9.90 Å². The first-order valence-corrected chi connectivity index (χ1v) is 6.77. The van der Waals surface area contributed by atoms with Crippen LogP contribution in [0.5, 0.6) is 0 Å². The lowest BCUT2D eigenvalue weighted by Crippen LogP contribution is -2.41. The van der Waals surface area contributed by atoms with Crippen molar-refractivity contribution in [2.75, 3.05) is 11.9 Å². The van der Waals surface area contributed by atoms with Crippen molar-refractivity contribution in [1.29, 1.82) is 0 Å². The first-order valence-electron chi connectivity index (χ1n) is 5.89. The Morgan fingerprint density at radius 1 is 1.37 bits per heavy atom. The summed E-state index contributed by atoms with van der Waals surface area (Å²) in [6.07, 6.45) is 2.20. The van der Waals surface area contributed by atoms with Crippen LogP contribution in [0.3, 0.4) is 0 Å². The molecule has 0 spiro atoms. The monoisotopic (exact) mass is 277 g/mol. The average Bonchev–Trinajstić information content (AvgIpc) is 2.92. The summed E-state index contributed by atoms with van der Waals surface area (Å²) in [7, 11) is 0. The summed E-state index contributed by atoms with van der Waals surface area (Å²) >= 11 is 1.34. The van der Waals surface area contributed by atoms with Crippen molar-refractivity contribution >= 4 is 22.5 Å². The number of aromatic nitrogens is 1. The molecule has 0 aliphatic carbocycles. The molecule has 5 nitrogen and oxygen atoms in total. The van der Waals surface area contributed by atoms with E-state index in [0.717, 1.165) is 5.56 Å². The molecule has 1 heterocycles. The largest absolute Gasteiger partial charge is 0.394 e. The molecule has 6 heteroatoms. The van der Waals surface area contributed by atoms with E-state index in [1.807, 2.05) is 30.3 Å². The van der Waals surface area contributed by atoms with Crippen molar-refractivity contribution < 1.29 is 9.90 Å². The van der Waals surface area contributed by atoms with Gasteiger partial charge >= 0.3 is 6.03 Å². The first-order chi connectivity index (χ1) is 9.28. The van der Waals surface area contributed by atoms with Crippen LogP contribution in [-0.4, -0.2) is 28.8 Å². The van der Waals surface area contributed by atoms with E-state index in [1.54, 1.807) is 11.6 Å². The molecular weight excluding hydrogens is 262 g/mol. The summed E-state index contributed by atoms with van der Waals surface area (Å²) in [6, 6.07) is 9.04. The van der Waals surface area contributed by atoms with Crippen molar-refractivity contribution in [3.8, 4) is 0 Å². The Hall–Kier alpha value is -1.92. The Balaban J connectivity index is 1.86. The number of aliphatic hydroxyl groups is 1. The zero-order valence-electron chi connectivity index (χ0n) is 10.2. The van der Waals surface area contributed by atoms with E-state index in [1.165, 1.54) is 11.3 Å². The highest BCUT2D eigenvalue weighted by Gasteiger charge is 2.12. The van der Waals surface area contributed by atoms with E-state index in [-0.39, 0.29) is 18.7 Å². The third-order valence-corrected chi connectivity index (χ3v) is 3.22. The lowest BCUT2D eigenvalue weighted by Gasteiger charge is -2.16. The van der Waals surface area contributed by atoms with Crippen LogP contribution in [0, 0.1) is 0 Å². The molecular formula is C13H15N3O2S. The minimum absolute atomic E-state index is 0.111. The van der Waals surface area contributed by atoms with Crippen LogP contribution in [0.15, 0.2) is 41.9 Å². The number of nitrogens with zero attached hydrogens (tertiary/aromatic N) is 1. The molecule has 2 aromatic rings. The second-order valence-corrected chi connectivity index (χ2v) is 4.90. The number of amides is 2. The lowest BCUT2D eigenvalue weighted by atomic mass is 10.1. The number of thiazole rings is 1. The molecule has 100 valence electrons. The van der Waals surface area contributed by atoms with Crippen LogP contribution in [0.1, 0.15) is 5.56 Å². The van der Waals surface area contributed by atoms with Gasteiger partial charge in [0.25, 0.3) is 0 Å². The fourth-order valence-corrected chi connectivity index (χ4v) is 2.19. The molecule has 0 saturated carbocycles. The third kappa shape index (κ3) is 4.35. The number of hydrogen-bond acceptors (Lipinski definition) is 4. The molecule has 1 aromatic heterocycles. The molecule has 0 aliphatic rings. The van der Waals surface area contributed by atoms with E-state index < -0.39 is 0 Å². The zero-order chi connectivity index (χ0) is 13.5. The number of carbonyl (C=O) groups excluding carboxylic acids is 1. The number of benzene rings is 1. The Morgan fingerprint density at radius 2 is 2.16 bits per heavy atom. The van der Waals surface area contributed by atoms with Crippen LogP contribution >= 0.6 is 11.3 Å². The SMILES string of the molecule is O=C(Nc1nccs1)NC(CO)Cc1ccccc1. The molecule has 1 unspecified atom stereocenters. The van der Waals surface area contributed by atoms with Gasteiger partial charge in [0.2, 0.25) is 0 Å². The topological polar surface area (TPSA) is 74.2 Å². The van der Waals surface area contributed by atoms with Gasteiger partial charge in [-0.25, -0.2) is 9.78 Å². The molecule has 1 atom stereocenters. The van der Waals surface area contributed by atoms with Gasteiger partial charge in [0.15, 0.2) is 5.13 Å². The molecule has 0 bridgehead atoms. The molecule has 0 saturated heterocycles. The summed E-state index contributed by atoms with van der Waals surface area (Å²) in [6.45, 7) is -0.111. The molecule has 2 rings (SSSR count). The summed E-state index contributed by atoms with van der Waals surface area (Å²) < 4.78 is 0. The molecule has 2 amide bonds. The number of aliphatic hydroxyl groups excluding tert-OH is 1. The van der Waals surface area contributed by atoms with Gasteiger partial charge < -0.3 is 10.4 Å². The molecule has 0 aliphatic heterocycles. The van der Waals surface area contributed by atoms with Crippen LogP contribution in [0.2, 0.25) is 0 Å². The molecule has 19 heavy (non-hydrogen) atoms. The second-order valence-electron chi connectivity index (χ2n) is 4.00. The van der Waals surface area contributed by atoms with E-state index in [4.69, 9.17) is 0 Å². The summed E-state index contributed by atoms with van der Waals surface area (Å²) in [5, 5.41) is 17.0. The van der Waals surface area contributed by atoms with Gasteiger partial charge in [-0.3, -0.25) is 5.32 Å². The number of rotatable bonds is 5. The van der Waals surface area contributed by atoms with Crippen molar-refractivity contribution in [3.05, 3.63) is 47.5 Å². The first kappa shape index (κ1) is 13.5. The minimum Gasteiger partial charge on any atom is -0.394 e. The highest BCUT2D eigenvalue weighted by molar-refractivity contribution is 7.13. The predicted molar refractivity (Wildman–Crippen MR) is 75.3 cm³/mol. The van der Waals surface area contributed by atoms with Gasteiger partial charge in [-0.15, -0.1) is 11.3 Å². The molecule has 0 fully saturated rings. The maximum Gasteiger partial charge on any atom is 0.321 e. The van der Waals surface area contributed by atoms with E-state index >= 15 is 0 Å². The number of nitrogens with one attached hydrogen (secondary N) is 2. The molecule has 0 radical (unpaired) electrons. The van der Waals surface area contributed by atoms with Gasteiger partial charge in [-0.1, -0.05) is 30.3 Å². The average molecular weight is 277 g/mol. The quantitative estimate of drug-likeness (QED) is 0.781. The molecule has 3 N–H and O–H groups in total. The van der Waals surface area contributed by atoms with Crippen LogP contribution in [-0.2, 0) is 6.42 Å². The number of anilines is 1. The number of hydrogen-bond donors (Lipinski definition) is 3. The van der Waals surface area contributed by atoms with Crippen LogP contribution in [0.4, 0.5) is 9.93 Å². The predicted octanol–water partition coefficient (Wildman–Crippen LogP) is 1.87. The van der Waals surface area contributed by atoms with Gasteiger partial charge in [0, 0.05) is 11.6 Å². The number of urea groups is 1. The lowest BCUT2D eigenvalue weighted by molar-refractivity contribution is 0.224. The number of carbonyl (C=O) groups is 1. The van der Waals surface area contributed by atoms with Crippen molar-refractivity contribution in [1.82, 2.24) is 10.3 Å². The van der Waals surface area contributed by atoms with E-state index in [0.29, 0.717) is 11.6 Å². The Labute approximate surface area is 115 Å². The summed E-state index contributed by atoms with van der Waals surface area (Å²) in [5.74, 6) is 0.